The van der Waals surface area contributed by atoms with Crippen molar-refractivity contribution < 1.29 is 0 Å². The molecule has 0 radical (unpaired) electrons. The number of piperidine rings is 1. The molecule has 1 aliphatic carbocycles. The molecule has 2 fully saturated rings. The highest BCUT2D eigenvalue weighted by Gasteiger charge is 2.18. The molecule has 0 aromatic heterocycles. The van der Waals surface area contributed by atoms with Gasteiger partial charge in [0.2, 0.25) is 0 Å². The Balaban J connectivity index is 1.57. The Morgan fingerprint density at radius 3 is 2.59 bits per heavy atom. The summed E-state index contributed by atoms with van der Waals surface area (Å²) in [4.78, 5) is 2.63. The quantitative estimate of drug-likeness (QED) is 0.792. The third-order valence-corrected chi connectivity index (χ3v) is 4.72. The second-order valence-electron chi connectivity index (χ2n) is 6.13. The minimum absolute atomic E-state index is 0.897. The monoisotopic (exact) mass is 238 g/mol. The lowest BCUT2D eigenvalue weighted by Gasteiger charge is -2.31. The maximum absolute atomic E-state index is 3.52. The van der Waals surface area contributed by atoms with E-state index < -0.39 is 0 Å². The number of hydrogen-bond acceptors (Lipinski definition) is 2. The molecule has 1 saturated heterocycles. The Kier molecular flexibility index (Phi) is 5.79. The molecule has 2 nitrogen and oxygen atoms in total. The second kappa shape index (κ2) is 7.38. The first-order chi connectivity index (χ1) is 8.36. The largest absolute Gasteiger partial charge is 0.316 e. The van der Waals surface area contributed by atoms with Gasteiger partial charge in [0, 0.05) is 6.04 Å². The highest BCUT2D eigenvalue weighted by molar-refractivity contribution is 4.74. The maximum atomic E-state index is 3.52. The fourth-order valence-electron chi connectivity index (χ4n) is 3.50. The molecule has 2 rings (SSSR count). The van der Waals surface area contributed by atoms with Crippen LogP contribution in [0.25, 0.3) is 0 Å². The third kappa shape index (κ3) is 4.59. The van der Waals surface area contributed by atoms with Crippen LogP contribution >= 0.6 is 0 Å². The van der Waals surface area contributed by atoms with Crippen molar-refractivity contribution in [3.63, 3.8) is 0 Å². The van der Waals surface area contributed by atoms with Crippen LogP contribution in [0.15, 0.2) is 0 Å². The van der Waals surface area contributed by atoms with Gasteiger partial charge in [-0.1, -0.05) is 19.3 Å². The van der Waals surface area contributed by atoms with Crippen LogP contribution < -0.4 is 5.32 Å². The predicted molar refractivity (Wildman–Crippen MR) is 74.3 cm³/mol. The summed E-state index contributed by atoms with van der Waals surface area (Å²) in [5.74, 6) is 0.962. The topological polar surface area (TPSA) is 15.3 Å². The summed E-state index contributed by atoms with van der Waals surface area (Å²) >= 11 is 0. The lowest BCUT2D eigenvalue weighted by molar-refractivity contribution is 0.183. The fourth-order valence-corrected chi connectivity index (χ4v) is 3.50. The van der Waals surface area contributed by atoms with Crippen molar-refractivity contribution in [2.75, 3.05) is 26.7 Å². The summed E-state index contributed by atoms with van der Waals surface area (Å²) < 4.78 is 0. The Hall–Kier alpha value is -0.0800. The van der Waals surface area contributed by atoms with Gasteiger partial charge < -0.3 is 10.2 Å². The first-order valence-corrected chi connectivity index (χ1v) is 7.77. The molecule has 100 valence electrons. The maximum Gasteiger partial charge on any atom is 0.00922 e. The SMILES string of the molecule is CN(CCCC1CCCNC1)C1CCCCC1. The van der Waals surface area contributed by atoms with Gasteiger partial charge in [0.25, 0.3) is 0 Å². The van der Waals surface area contributed by atoms with Gasteiger partial charge in [-0.3, -0.25) is 0 Å². The lowest BCUT2D eigenvalue weighted by Crippen LogP contribution is -2.35. The van der Waals surface area contributed by atoms with E-state index in [1.807, 2.05) is 0 Å². The molecule has 1 saturated carbocycles. The molecule has 2 heteroatoms. The summed E-state index contributed by atoms with van der Waals surface area (Å²) in [5.41, 5.74) is 0. The van der Waals surface area contributed by atoms with E-state index in [0.717, 1.165) is 12.0 Å². The van der Waals surface area contributed by atoms with Gasteiger partial charge in [0.05, 0.1) is 0 Å². The molecule has 0 spiro atoms. The summed E-state index contributed by atoms with van der Waals surface area (Å²) in [6, 6.07) is 0.897. The van der Waals surface area contributed by atoms with Gasteiger partial charge in [0.15, 0.2) is 0 Å². The molecule has 0 aromatic rings. The highest BCUT2D eigenvalue weighted by Crippen LogP contribution is 2.22. The zero-order chi connectivity index (χ0) is 11.9. The van der Waals surface area contributed by atoms with Gasteiger partial charge in [-0.2, -0.15) is 0 Å². The Morgan fingerprint density at radius 2 is 1.88 bits per heavy atom. The van der Waals surface area contributed by atoms with Crippen LogP contribution in [0.5, 0.6) is 0 Å². The van der Waals surface area contributed by atoms with Crippen LogP contribution in [-0.4, -0.2) is 37.6 Å². The van der Waals surface area contributed by atoms with Crippen molar-refractivity contribution in [1.82, 2.24) is 10.2 Å². The molecule has 0 bridgehead atoms. The number of nitrogens with zero attached hydrogens (tertiary/aromatic N) is 1. The standard InChI is InChI=1S/C15H30N2/c1-17(15-9-3-2-4-10-15)12-6-8-14-7-5-11-16-13-14/h14-16H,2-13H2,1H3. The van der Waals surface area contributed by atoms with E-state index in [1.54, 1.807) is 0 Å². The predicted octanol–water partition coefficient (Wildman–Crippen LogP) is 3.03. The Morgan fingerprint density at radius 1 is 1.06 bits per heavy atom. The smallest absolute Gasteiger partial charge is 0.00922 e. The zero-order valence-corrected chi connectivity index (χ0v) is 11.6. The Labute approximate surface area is 107 Å². The van der Waals surface area contributed by atoms with E-state index in [2.05, 4.69) is 17.3 Å². The molecule has 0 aromatic carbocycles. The molecular weight excluding hydrogens is 208 g/mol. The van der Waals surface area contributed by atoms with Crippen LogP contribution in [-0.2, 0) is 0 Å². The minimum atomic E-state index is 0.897. The van der Waals surface area contributed by atoms with E-state index in [9.17, 15) is 0 Å². The summed E-state index contributed by atoms with van der Waals surface area (Å²) in [5, 5.41) is 3.52. The molecule has 1 N–H and O–H groups in total. The van der Waals surface area contributed by atoms with Crippen molar-refractivity contribution in [2.45, 2.75) is 63.8 Å². The van der Waals surface area contributed by atoms with E-state index in [4.69, 9.17) is 0 Å². The van der Waals surface area contributed by atoms with Crippen molar-refractivity contribution in [3.05, 3.63) is 0 Å². The van der Waals surface area contributed by atoms with Crippen molar-refractivity contribution >= 4 is 0 Å². The van der Waals surface area contributed by atoms with Gasteiger partial charge >= 0.3 is 0 Å². The normalized spacial score (nSPS) is 27.5. The molecule has 1 aliphatic heterocycles. The molecule has 1 heterocycles. The third-order valence-electron chi connectivity index (χ3n) is 4.72. The number of hydrogen-bond donors (Lipinski definition) is 1. The molecule has 0 amide bonds. The molecule has 1 unspecified atom stereocenters. The second-order valence-corrected chi connectivity index (χ2v) is 6.13. The molecule has 2 aliphatic rings. The van der Waals surface area contributed by atoms with Crippen LogP contribution in [0.1, 0.15) is 57.8 Å². The zero-order valence-electron chi connectivity index (χ0n) is 11.6. The summed E-state index contributed by atoms with van der Waals surface area (Å²) in [6.45, 7) is 3.84. The summed E-state index contributed by atoms with van der Waals surface area (Å²) in [7, 11) is 2.34. The fraction of sp³-hybridized carbons (Fsp3) is 1.00. The van der Waals surface area contributed by atoms with Gasteiger partial charge in [-0.15, -0.1) is 0 Å². The van der Waals surface area contributed by atoms with E-state index in [0.29, 0.717) is 0 Å². The van der Waals surface area contributed by atoms with E-state index in [1.165, 1.54) is 77.4 Å². The molecular formula is C15H30N2. The van der Waals surface area contributed by atoms with Crippen LogP contribution in [0.4, 0.5) is 0 Å². The van der Waals surface area contributed by atoms with Crippen molar-refractivity contribution in [1.29, 1.82) is 0 Å². The Bertz CT molecular complexity index is 193. The molecule has 1 atom stereocenters. The van der Waals surface area contributed by atoms with Crippen LogP contribution in [0.2, 0.25) is 0 Å². The van der Waals surface area contributed by atoms with Crippen LogP contribution in [0.3, 0.4) is 0 Å². The number of rotatable bonds is 5. The minimum Gasteiger partial charge on any atom is -0.316 e. The van der Waals surface area contributed by atoms with Gasteiger partial charge in [-0.05, 0) is 71.1 Å². The average Bonchev–Trinajstić information content (AvgIpc) is 2.41. The first-order valence-electron chi connectivity index (χ1n) is 7.77. The van der Waals surface area contributed by atoms with Crippen molar-refractivity contribution in [2.24, 2.45) is 5.92 Å². The summed E-state index contributed by atoms with van der Waals surface area (Å²) in [6.07, 6.45) is 13.0. The van der Waals surface area contributed by atoms with Crippen molar-refractivity contribution in [3.8, 4) is 0 Å². The highest BCUT2D eigenvalue weighted by atomic mass is 15.1. The first kappa shape index (κ1) is 13.4. The van der Waals surface area contributed by atoms with E-state index >= 15 is 0 Å². The average molecular weight is 238 g/mol. The van der Waals surface area contributed by atoms with Crippen LogP contribution in [0, 0.1) is 5.92 Å². The van der Waals surface area contributed by atoms with Gasteiger partial charge in [0.1, 0.15) is 0 Å². The lowest BCUT2D eigenvalue weighted by atomic mass is 9.93. The number of nitrogens with one attached hydrogen (secondary N) is 1. The van der Waals surface area contributed by atoms with E-state index in [-0.39, 0.29) is 0 Å². The molecule has 17 heavy (non-hydrogen) atoms. The van der Waals surface area contributed by atoms with Gasteiger partial charge in [-0.25, -0.2) is 0 Å².